The number of piperidine rings is 1. The number of ether oxygens (including phenoxy) is 1. The Labute approximate surface area is 145 Å². The molecule has 2 heterocycles. The number of likely N-dealkylation sites (tertiary alicyclic amines) is 1. The van der Waals surface area contributed by atoms with Gasteiger partial charge in [-0.25, -0.2) is 4.79 Å². The van der Waals surface area contributed by atoms with Crippen LogP contribution in [0.5, 0.6) is 0 Å². The molecule has 136 valence electrons. The minimum absolute atomic E-state index is 0.201. The summed E-state index contributed by atoms with van der Waals surface area (Å²) in [5.74, 6) is 0.408. The van der Waals surface area contributed by atoms with E-state index < -0.39 is 5.60 Å². The van der Waals surface area contributed by atoms with Crippen LogP contribution in [0.4, 0.5) is 10.5 Å². The van der Waals surface area contributed by atoms with E-state index in [9.17, 15) is 4.79 Å². The Hall–Kier alpha value is -1.72. The van der Waals surface area contributed by atoms with Gasteiger partial charge < -0.3 is 15.0 Å². The van der Waals surface area contributed by atoms with Crippen LogP contribution in [-0.4, -0.2) is 45.5 Å². The Morgan fingerprint density at radius 3 is 2.58 bits per heavy atom. The average Bonchev–Trinajstić information content (AvgIpc) is 2.72. The fourth-order valence-corrected chi connectivity index (χ4v) is 3.24. The molecular formula is C18H32N4O2. The van der Waals surface area contributed by atoms with Crippen molar-refractivity contribution in [2.75, 3.05) is 18.4 Å². The van der Waals surface area contributed by atoms with Gasteiger partial charge in [-0.15, -0.1) is 0 Å². The molecular weight excluding hydrogens is 304 g/mol. The van der Waals surface area contributed by atoms with Crippen LogP contribution in [0.1, 0.15) is 51.9 Å². The number of aromatic nitrogens is 2. The summed E-state index contributed by atoms with van der Waals surface area (Å²) in [6.45, 7) is 13.5. The van der Waals surface area contributed by atoms with Crippen LogP contribution in [0.2, 0.25) is 0 Å². The fourth-order valence-electron chi connectivity index (χ4n) is 3.24. The van der Waals surface area contributed by atoms with Crippen LogP contribution < -0.4 is 5.32 Å². The van der Waals surface area contributed by atoms with Crippen LogP contribution in [-0.2, 0) is 11.8 Å². The summed E-state index contributed by atoms with van der Waals surface area (Å²) >= 11 is 0. The summed E-state index contributed by atoms with van der Waals surface area (Å²) in [6.07, 6.45) is 1.93. The maximum atomic E-state index is 12.3. The molecule has 1 saturated heterocycles. The predicted octanol–water partition coefficient (Wildman–Crippen LogP) is 3.48. The number of aryl methyl sites for hydroxylation is 2. The number of hydrogen-bond acceptors (Lipinski definition) is 4. The molecule has 0 unspecified atom stereocenters. The number of amides is 1. The Morgan fingerprint density at radius 2 is 2.04 bits per heavy atom. The molecule has 2 rings (SSSR count). The lowest BCUT2D eigenvalue weighted by Gasteiger charge is -2.37. The number of carbonyl (C=O) groups is 1. The molecule has 0 spiro atoms. The highest BCUT2D eigenvalue weighted by Crippen LogP contribution is 2.26. The third kappa shape index (κ3) is 4.42. The van der Waals surface area contributed by atoms with E-state index in [0.717, 1.165) is 43.0 Å². The van der Waals surface area contributed by atoms with Crippen molar-refractivity contribution in [2.24, 2.45) is 13.0 Å². The molecule has 0 radical (unpaired) electrons. The van der Waals surface area contributed by atoms with Gasteiger partial charge in [-0.3, -0.25) is 4.68 Å². The Bertz CT molecular complexity index is 589. The molecule has 0 aliphatic carbocycles. The SMILES string of the molecule is Cc1nn(C)c(C)c1N[C@@H](C)[C@H]1CCCN(C(=O)OC(C)(C)C)C1. The van der Waals surface area contributed by atoms with Gasteiger partial charge in [-0.05, 0) is 60.3 Å². The number of rotatable bonds is 3. The smallest absolute Gasteiger partial charge is 0.410 e. The molecule has 6 nitrogen and oxygen atoms in total. The van der Waals surface area contributed by atoms with Gasteiger partial charge in [0.15, 0.2) is 0 Å². The number of nitrogens with one attached hydrogen (secondary N) is 1. The molecule has 1 aromatic rings. The third-order valence-electron chi connectivity index (χ3n) is 4.70. The average molecular weight is 336 g/mol. The molecule has 24 heavy (non-hydrogen) atoms. The molecule has 1 aromatic heterocycles. The van der Waals surface area contributed by atoms with E-state index in [1.165, 1.54) is 0 Å². The highest BCUT2D eigenvalue weighted by molar-refractivity contribution is 5.68. The number of anilines is 1. The lowest BCUT2D eigenvalue weighted by Crippen LogP contribution is -2.46. The van der Waals surface area contributed by atoms with Crippen molar-refractivity contribution < 1.29 is 9.53 Å². The van der Waals surface area contributed by atoms with E-state index in [0.29, 0.717) is 5.92 Å². The second kappa shape index (κ2) is 7.03. The van der Waals surface area contributed by atoms with Gasteiger partial charge in [-0.2, -0.15) is 5.10 Å². The van der Waals surface area contributed by atoms with Crippen LogP contribution in [0.3, 0.4) is 0 Å². The zero-order valence-electron chi connectivity index (χ0n) is 16.1. The first-order valence-corrected chi connectivity index (χ1v) is 8.83. The molecule has 1 aliphatic heterocycles. The molecule has 1 fully saturated rings. The summed E-state index contributed by atoms with van der Waals surface area (Å²) in [6, 6.07) is 0.275. The van der Waals surface area contributed by atoms with Gasteiger partial charge in [0.05, 0.1) is 17.1 Å². The Balaban J connectivity index is 1.99. The van der Waals surface area contributed by atoms with Gasteiger partial charge in [0.25, 0.3) is 0 Å². The minimum atomic E-state index is -0.447. The van der Waals surface area contributed by atoms with Gasteiger partial charge in [0, 0.05) is 26.2 Å². The molecule has 1 N–H and O–H groups in total. The Morgan fingerprint density at radius 1 is 1.38 bits per heavy atom. The molecule has 0 bridgehead atoms. The molecule has 2 atom stereocenters. The normalized spacial score (nSPS) is 20.0. The molecule has 0 saturated carbocycles. The van der Waals surface area contributed by atoms with E-state index >= 15 is 0 Å². The first kappa shape index (κ1) is 18.6. The zero-order chi connectivity index (χ0) is 18.1. The van der Waals surface area contributed by atoms with Crippen molar-refractivity contribution >= 4 is 11.8 Å². The van der Waals surface area contributed by atoms with Gasteiger partial charge in [0.1, 0.15) is 5.60 Å². The summed E-state index contributed by atoms with van der Waals surface area (Å²) in [7, 11) is 1.96. The van der Waals surface area contributed by atoms with Crippen molar-refractivity contribution in [3.63, 3.8) is 0 Å². The van der Waals surface area contributed by atoms with Crippen LogP contribution in [0.15, 0.2) is 0 Å². The van der Waals surface area contributed by atoms with Crippen LogP contribution >= 0.6 is 0 Å². The summed E-state index contributed by atoms with van der Waals surface area (Å²) in [4.78, 5) is 14.2. The highest BCUT2D eigenvalue weighted by Gasteiger charge is 2.30. The van der Waals surface area contributed by atoms with Gasteiger partial charge in [0.2, 0.25) is 0 Å². The monoisotopic (exact) mass is 336 g/mol. The minimum Gasteiger partial charge on any atom is -0.444 e. The maximum Gasteiger partial charge on any atom is 0.410 e. The van der Waals surface area contributed by atoms with Crippen molar-refractivity contribution in [3.8, 4) is 0 Å². The maximum absolute atomic E-state index is 12.3. The van der Waals surface area contributed by atoms with Crippen molar-refractivity contribution in [3.05, 3.63) is 11.4 Å². The summed E-state index contributed by atoms with van der Waals surface area (Å²) in [5.41, 5.74) is 2.82. The zero-order valence-corrected chi connectivity index (χ0v) is 16.1. The predicted molar refractivity (Wildman–Crippen MR) is 96.3 cm³/mol. The van der Waals surface area contributed by atoms with Gasteiger partial charge >= 0.3 is 6.09 Å². The Kier molecular flexibility index (Phi) is 5.45. The van der Waals surface area contributed by atoms with E-state index in [1.54, 1.807) is 0 Å². The largest absolute Gasteiger partial charge is 0.444 e. The van der Waals surface area contributed by atoms with Crippen LogP contribution in [0.25, 0.3) is 0 Å². The molecule has 1 aliphatic rings. The van der Waals surface area contributed by atoms with Crippen molar-refractivity contribution in [1.82, 2.24) is 14.7 Å². The van der Waals surface area contributed by atoms with Crippen molar-refractivity contribution in [2.45, 2.75) is 66.0 Å². The molecule has 6 heteroatoms. The number of nitrogens with zero attached hydrogens (tertiary/aromatic N) is 3. The molecule has 1 amide bonds. The van der Waals surface area contributed by atoms with Crippen molar-refractivity contribution in [1.29, 1.82) is 0 Å². The van der Waals surface area contributed by atoms with Crippen LogP contribution in [0, 0.1) is 19.8 Å². The molecule has 0 aromatic carbocycles. The summed E-state index contributed by atoms with van der Waals surface area (Å²) < 4.78 is 7.42. The van der Waals surface area contributed by atoms with E-state index in [1.807, 2.05) is 44.3 Å². The highest BCUT2D eigenvalue weighted by atomic mass is 16.6. The standard InChI is InChI=1S/C18H32N4O2/c1-12(19-16-13(2)20-21(7)14(16)3)15-9-8-10-22(11-15)17(23)24-18(4,5)6/h12,15,19H,8-11H2,1-7H3/t12-,15-/m0/s1. The summed E-state index contributed by atoms with van der Waals surface area (Å²) in [5, 5.41) is 8.08. The first-order chi connectivity index (χ1) is 11.1. The first-order valence-electron chi connectivity index (χ1n) is 8.83. The fraction of sp³-hybridized carbons (Fsp3) is 0.778. The quantitative estimate of drug-likeness (QED) is 0.918. The second-order valence-electron chi connectivity index (χ2n) is 7.93. The van der Waals surface area contributed by atoms with E-state index in [-0.39, 0.29) is 12.1 Å². The van der Waals surface area contributed by atoms with Gasteiger partial charge in [-0.1, -0.05) is 0 Å². The van der Waals surface area contributed by atoms with E-state index in [4.69, 9.17) is 4.74 Å². The number of carbonyl (C=O) groups excluding carboxylic acids is 1. The van der Waals surface area contributed by atoms with E-state index in [2.05, 4.69) is 24.3 Å². The lowest BCUT2D eigenvalue weighted by molar-refractivity contribution is 0.0159. The second-order valence-corrected chi connectivity index (χ2v) is 7.93. The lowest BCUT2D eigenvalue weighted by atomic mass is 9.91. The topological polar surface area (TPSA) is 59.4 Å². The third-order valence-corrected chi connectivity index (χ3v) is 4.70. The number of hydrogen-bond donors (Lipinski definition) is 1.